The highest BCUT2D eigenvalue weighted by atomic mass is 16.2. The van der Waals surface area contributed by atoms with Gasteiger partial charge in [0.15, 0.2) is 0 Å². The number of para-hydroxylation sites is 1. The first kappa shape index (κ1) is 26.6. The molecular weight excluding hydrogens is 496 g/mol. The van der Waals surface area contributed by atoms with Gasteiger partial charge in [-0.1, -0.05) is 36.8 Å². The Kier molecular flexibility index (Phi) is 7.87. The molecule has 0 saturated carbocycles. The number of carbonyl (C=O) groups is 2. The van der Waals surface area contributed by atoms with Crippen LogP contribution in [0.2, 0.25) is 0 Å². The van der Waals surface area contributed by atoms with Gasteiger partial charge in [0.25, 0.3) is 11.8 Å². The summed E-state index contributed by atoms with van der Waals surface area (Å²) in [5.74, 6) is -0.0642. The van der Waals surface area contributed by atoms with Gasteiger partial charge in [0.1, 0.15) is 5.69 Å². The van der Waals surface area contributed by atoms with Crippen LogP contribution in [0.5, 0.6) is 0 Å². The Balaban J connectivity index is 1.23. The molecule has 2 aromatic carbocycles. The van der Waals surface area contributed by atoms with Crippen LogP contribution in [0, 0.1) is 6.92 Å². The van der Waals surface area contributed by atoms with Crippen LogP contribution in [0.3, 0.4) is 0 Å². The zero-order valence-corrected chi connectivity index (χ0v) is 23.6. The van der Waals surface area contributed by atoms with E-state index in [9.17, 15) is 9.59 Å². The van der Waals surface area contributed by atoms with Crippen LogP contribution in [-0.2, 0) is 13.1 Å². The molecule has 0 spiro atoms. The van der Waals surface area contributed by atoms with Crippen molar-refractivity contribution >= 4 is 23.1 Å². The molecule has 6 nitrogen and oxygen atoms in total. The Labute approximate surface area is 237 Å². The number of rotatable bonds is 6. The Morgan fingerprint density at radius 1 is 0.900 bits per heavy atom. The second-order valence-electron chi connectivity index (χ2n) is 11.5. The summed E-state index contributed by atoms with van der Waals surface area (Å²) in [6, 6.07) is 18.1. The van der Waals surface area contributed by atoms with Crippen molar-refractivity contribution in [3.05, 3.63) is 94.3 Å². The van der Waals surface area contributed by atoms with E-state index >= 15 is 0 Å². The molecule has 6 rings (SSSR count). The second-order valence-corrected chi connectivity index (χ2v) is 11.5. The molecule has 1 saturated heterocycles. The minimum Gasteiger partial charge on any atom is -0.349 e. The van der Waals surface area contributed by atoms with Crippen LogP contribution in [-0.4, -0.2) is 47.5 Å². The molecule has 1 N–H and O–H groups in total. The normalized spacial score (nSPS) is 17.4. The van der Waals surface area contributed by atoms with Gasteiger partial charge in [-0.25, -0.2) is 0 Å². The van der Waals surface area contributed by atoms with Crippen LogP contribution >= 0.6 is 0 Å². The molecule has 3 aromatic rings. The summed E-state index contributed by atoms with van der Waals surface area (Å²) < 4.78 is 2.08. The standard InChI is InChI=1S/C34H40N4O2/c1-25-22-27(14-16-30(25)26-10-4-2-5-11-26)34(40)38-24-29-15-17-32(37(29)23-28-12-6-7-13-31(28)38)33(39)35-18-21-36-19-8-3-9-20-36/h6-7,10,12-17,22H,2-5,8-9,11,18-21,23-24H2,1H3,(H,35,39). The fraction of sp³-hybridized carbons (Fsp3) is 0.412. The summed E-state index contributed by atoms with van der Waals surface area (Å²) >= 11 is 0. The molecule has 0 unspecified atom stereocenters. The van der Waals surface area contributed by atoms with Gasteiger partial charge in [-0.3, -0.25) is 9.59 Å². The van der Waals surface area contributed by atoms with E-state index in [0.29, 0.717) is 30.9 Å². The van der Waals surface area contributed by atoms with E-state index in [1.54, 1.807) is 0 Å². The number of amides is 2. The summed E-state index contributed by atoms with van der Waals surface area (Å²) in [6.45, 7) is 6.87. The van der Waals surface area contributed by atoms with Crippen LogP contribution in [0.1, 0.15) is 88.2 Å². The third-order valence-corrected chi connectivity index (χ3v) is 8.75. The molecule has 2 aliphatic heterocycles. The van der Waals surface area contributed by atoms with E-state index < -0.39 is 0 Å². The number of aromatic nitrogens is 1. The molecule has 1 fully saturated rings. The maximum absolute atomic E-state index is 14.0. The van der Waals surface area contributed by atoms with Crippen molar-refractivity contribution in [3.8, 4) is 0 Å². The SMILES string of the molecule is Cc1cc(C(=O)N2Cc3ccc(C(=O)NCCN4CCCCC4)n3Cc3ccccc32)ccc1C1=CCCCC1. The van der Waals surface area contributed by atoms with E-state index in [-0.39, 0.29) is 11.8 Å². The minimum absolute atomic E-state index is 0.0121. The number of fused-ring (bicyclic) bond motifs is 2. The van der Waals surface area contributed by atoms with Crippen molar-refractivity contribution in [1.29, 1.82) is 0 Å². The molecular formula is C34H40N4O2. The van der Waals surface area contributed by atoms with Crippen molar-refractivity contribution < 1.29 is 9.59 Å². The van der Waals surface area contributed by atoms with E-state index in [1.807, 2.05) is 47.4 Å². The summed E-state index contributed by atoms with van der Waals surface area (Å²) in [5.41, 5.74) is 8.07. The molecule has 0 bridgehead atoms. The quantitative estimate of drug-likeness (QED) is 0.409. The van der Waals surface area contributed by atoms with Crippen LogP contribution in [0.25, 0.3) is 5.57 Å². The number of piperidine rings is 1. The van der Waals surface area contributed by atoms with Gasteiger partial charge >= 0.3 is 0 Å². The summed E-state index contributed by atoms with van der Waals surface area (Å²) in [4.78, 5) is 31.6. The van der Waals surface area contributed by atoms with E-state index in [0.717, 1.165) is 55.0 Å². The number of benzene rings is 2. The molecule has 40 heavy (non-hydrogen) atoms. The van der Waals surface area contributed by atoms with Gasteiger partial charge in [-0.15, -0.1) is 0 Å². The Morgan fingerprint density at radius 2 is 1.75 bits per heavy atom. The van der Waals surface area contributed by atoms with E-state index in [2.05, 4.69) is 39.9 Å². The number of nitrogens with zero attached hydrogens (tertiary/aromatic N) is 3. The number of hydrogen-bond acceptors (Lipinski definition) is 3. The van der Waals surface area contributed by atoms with Crippen molar-refractivity contribution in [2.75, 3.05) is 31.1 Å². The monoisotopic (exact) mass is 536 g/mol. The number of carbonyl (C=O) groups excluding carboxylic acids is 2. The summed E-state index contributed by atoms with van der Waals surface area (Å²) in [6.07, 6.45) is 10.9. The predicted octanol–water partition coefficient (Wildman–Crippen LogP) is 6.18. The third-order valence-electron chi connectivity index (χ3n) is 8.75. The van der Waals surface area contributed by atoms with Crippen LogP contribution in [0.4, 0.5) is 5.69 Å². The molecule has 1 aliphatic carbocycles. The van der Waals surface area contributed by atoms with Gasteiger partial charge in [0, 0.05) is 30.0 Å². The lowest BCUT2D eigenvalue weighted by molar-refractivity contribution is 0.0937. The molecule has 1 aromatic heterocycles. The average Bonchev–Trinajstić information content (AvgIpc) is 3.31. The number of nitrogens with one attached hydrogen (secondary N) is 1. The van der Waals surface area contributed by atoms with Crippen molar-refractivity contribution in [1.82, 2.24) is 14.8 Å². The number of aryl methyl sites for hydroxylation is 1. The highest BCUT2D eigenvalue weighted by Crippen LogP contribution is 2.32. The predicted molar refractivity (Wildman–Crippen MR) is 161 cm³/mol. The molecule has 208 valence electrons. The Bertz CT molecular complexity index is 1430. The maximum Gasteiger partial charge on any atom is 0.267 e. The number of hydrogen-bond donors (Lipinski definition) is 1. The number of likely N-dealkylation sites (tertiary alicyclic amines) is 1. The van der Waals surface area contributed by atoms with Crippen LogP contribution in [0.15, 0.2) is 60.7 Å². The first-order valence-corrected chi connectivity index (χ1v) is 15.0. The van der Waals surface area contributed by atoms with E-state index in [4.69, 9.17) is 0 Å². The molecule has 3 aliphatic rings. The highest BCUT2D eigenvalue weighted by molar-refractivity contribution is 6.07. The van der Waals surface area contributed by atoms with Gasteiger partial charge in [0.05, 0.1) is 13.1 Å². The van der Waals surface area contributed by atoms with Gasteiger partial charge < -0.3 is 19.7 Å². The summed E-state index contributed by atoms with van der Waals surface area (Å²) in [7, 11) is 0. The minimum atomic E-state index is -0.0521. The Morgan fingerprint density at radius 3 is 2.55 bits per heavy atom. The molecule has 0 radical (unpaired) electrons. The molecule has 3 heterocycles. The van der Waals surface area contributed by atoms with Crippen molar-refractivity contribution in [2.24, 2.45) is 0 Å². The second kappa shape index (κ2) is 11.8. The largest absolute Gasteiger partial charge is 0.349 e. The molecule has 0 atom stereocenters. The number of allylic oxidation sites excluding steroid dienone is 2. The lowest BCUT2D eigenvalue weighted by Crippen LogP contribution is -2.38. The topological polar surface area (TPSA) is 57.6 Å². The highest BCUT2D eigenvalue weighted by Gasteiger charge is 2.27. The fourth-order valence-corrected chi connectivity index (χ4v) is 6.54. The van der Waals surface area contributed by atoms with E-state index in [1.165, 1.54) is 43.2 Å². The molecule has 2 amide bonds. The summed E-state index contributed by atoms with van der Waals surface area (Å²) in [5, 5.41) is 3.14. The fourth-order valence-electron chi connectivity index (χ4n) is 6.54. The lowest BCUT2D eigenvalue weighted by Gasteiger charge is -2.26. The number of anilines is 1. The zero-order chi connectivity index (χ0) is 27.5. The van der Waals surface area contributed by atoms with Crippen molar-refractivity contribution in [3.63, 3.8) is 0 Å². The first-order chi connectivity index (χ1) is 19.6. The molecule has 6 heteroatoms. The lowest BCUT2D eigenvalue weighted by atomic mass is 9.90. The third kappa shape index (κ3) is 5.50. The van der Waals surface area contributed by atoms with Crippen molar-refractivity contribution in [2.45, 2.75) is 65.0 Å². The Hall–Kier alpha value is -3.64. The zero-order valence-electron chi connectivity index (χ0n) is 23.6. The average molecular weight is 537 g/mol. The van der Waals surface area contributed by atoms with Gasteiger partial charge in [0.2, 0.25) is 0 Å². The maximum atomic E-state index is 14.0. The first-order valence-electron chi connectivity index (χ1n) is 15.0. The van der Waals surface area contributed by atoms with Gasteiger partial charge in [-0.2, -0.15) is 0 Å². The van der Waals surface area contributed by atoms with Gasteiger partial charge in [-0.05, 0) is 111 Å². The van der Waals surface area contributed by atoms with Crippen LogP contribution < -0.4 is 10.2 Å². The smallest absolute Gasteiger partial charge is 0.267 e.